The van der Waals surface area contributed by atoms with Gasteiger partial charge in [0.25, 0.3) is 0 Å². The Balaban J connectivity index is 2.02. The van der Waals surface area contributed by atoms with Gasteiger partial charge in [-0.15, -0.1) is 0 Å². The lowest BCUT2D eigenvalue weighted by Crippen LogP contribution is -2.32. The number of sulfonamides is 1. The van der Waals surface area contributed by atoms with Crippen molar-refractivity contribution in [2.45, 2.75) is 44.2 Å². The van der Waals surface area contributed by atoms with Crippen LogP contribution in [0.15, 0.2) is 47.5 Å². The largest absolute Gasteiger partial charge is 0.496 e. The zero-order valence-corrected chi connectivity index (χ0v) is 15.6. The molecule has 0 aliphatic rings. The minimum atomic E-state index is -3.54. The number of rotatable bonds is 9. The molecule has 1 aromatic carbocycles. The van der Waals surface area contributed by atoms with Gasteiger partial charge >= 0.3 is 0 Å². The molecule has 0 saturated heterocycles. The van der Waals surface area contributed by atoms with Crippen molar-refractivity contribution in [1.29, 1.82) is 0 Å². The molecular formula is C18H25N3O3S. The van der Waals surface area contributed by atoms with E-state index in [0.29, 0.717) is 12.4 Å². The van der Waals surface area contributed by atoms with E-state index >= 15 is 0 Å². The molecule has 0 spiro atoms. The lowest BCUT2D eigenvalue weighted by molar-refractivity contribution is 0.410. The number of anilines is 1. The highest BCUT2D eigenvalue weighted by molar-refractivity contribution is 7.89. The number of nitrogens with one attached hydrogen (secondary N) is 2. The number of aromatic nitrogens is 1. The molecular weight excluding hydrogens is 338 g/mol. The average molecular weight is 363 g/mol. The molecule has 2 N–H and O–H groups in total. The second-order valence-corrected chi connectivity index (χ2v) is 7.57. The fraction of sp³-hybridized carbons (Fsp3) is 0.389. The van der Waals surface area contributed by atoms with Crippen molar-refractivity contribution in [2.24, 2.45) is 0 Å². The minimum Gasteiger partial charge on any atom is -0.496 e. The topological polar surface area (TPSA) is 80.3 Å². The quantitative estimate of drug-likeness (QED) is 0.715. The molecule has 1 heterocycles. The highest BCUT2D eigenvalue weighted by Gasteiger charge is 2.17. The smallest absolute Gasteiger partial charge is 0.242 e. The number of nitrogens with zero attached hydrogens (tertiary/aromatic N) is 1. The van der Waals surface area contributed by atoms with Crippen molar-refractivity contribution in [2.75, 3.05) is 12.4 Å². The van der Waals surface area contributed by atoms with Gasteiger partial charge in [0.05, 0.1) is 7.11 Å². The molecule has 6 nitrogen and oxygen atoms in total. The Labute approximate surface area is 149 Å². The number of para-hydroxylation sites is 1. The lowest BCUT2D eigenvalue weighted by atomic mass is 10.2. The van der Waals surface area contributed by atoms with Crippen LogP contribution >= 0.6 is 0 Å². The van der Waals surface area contributed by atoms with E-state index in [4.69, 9.17) is 4.74 Å². The van der Waals surface area contributed by atoms with Crippen LogP contribution in [0.1, 0.15) is 32.3 Å². The van der Waals surface area contributed by atoms with Crippen LogP contribution in [0, 0.1) is 0 Å². The van der Waals surface area contributed by atoms with E-state index in [0.717, 1.165) is 24.2 Å². The third-order valence-electron chi connectivity index (χ3n) is 3.78. The van der Waals surface area contributed by atoms with Crippen LogP contribution in [0.25, 0.3) is 0 Å². The van der Waals surface area contributed by atoms with Crippen LogP contribution in [0.4, 0.5) is 5.82 Å². The SMILES string of the molecule is CCCC(C)NS(=O)(=O)c1ccc(NCc2ccccc2OC)nc1. The van der Waals surface area contributed by atoms with Crippen LogP contribution in [0.3, 0.4) is 0 Å². The minimum absolute atomic E-state index is 0.0988. The zero-order chi connectivity index (χ0) is 18.3. The maximum absolute atomic E-state index is 12.3. The Morgan fingerprint density at radius 2 is 1.96 bits per heavy atom. The first kappa shape index (κ1) is 19.2. The second-order valence-electron chi connectivity index (χ2n) is 5.86. The molecule has 2 aromatic rings. The summed E-state index contributed by atoms with van der Waals surface area (Å²) in [5, 5.41) is 3.17. The maximum atomic E-state index is 12.3. The van der Waals surface area contributed by atoms with Crippen LogP contribution in [0.2, 0.25) is 0 Å². The van der Waals surface area contributed by atoms with Crippen molar-refractivity contribution < 1.29 is 13.2 Å². The summed E-state index contributed by atoms with van der Waals surface area (Å²) in [6.07, 6.45) is 3.09. The van der Waals surface area contributed by atoms with Crippen LogP contribution < -0.4 is 14.8 Å². The first-order valence-electron chi connectivity index (χ1n) is 8.30. The monoisotopic (exact) mass is 363 g/mol. The van der Waals surface area contributed by atoms with E-state index in [1.807, 2.05) is 38.1 Å². The van der Waals surface area contributed by atoms with E-state index in [1.54, 1.807) is 19.2 Å². The van der Waals surface area contributed by atoms with Gasteiger partial charge in [-0.1, -0.05) is 31.5 Å². The van der Waals surface area contributed by atoms with Gasteiger partial charge in [-0.05, 0) is 31.5 Å². The first-order chi connectivity index (χ1) is 12.0. The third kappa shape index (κ3) is 5.44. The highest BCUT2D eigenvalue weighted by Crippen LogP contribution is 2.19. The maximum Gasteiger partial charge on any atom is 0.242 e. The van der Waals surface area contributed by atoms with Crippen molar-refractivity contribution in [1.82, 2.24) is 9.71 Å². The second kappa shape index (κ2) is 8.82. The Hall–Kier alpha value is -2.12. The number of pyridine rings is 1. The highest BCUT2D eigenvalue weighted by atomic mass is 32.2. The number of hydrogen-bond donors (Lipinski definition) is 2. The third-order valence-corrected chi connectivity index (χ3v) is 5.35. The average Bonchev–Trinajstić information content (AvgIpc) is 2.60. The molecule has 2 rings (SSSR count). The fourth-order valence-corrected chi connectivity index (χ4v) is 3.73. The molecule has 136 valence electrons. The Kier molecular flexibility index (Phi) is 6.78. The lowest BCUT2D eigenvalue weighted by Gasteiger charge is -2.13. The van der Waals surface area contributed by atoms with Gasteiger partial charge in [0.1, 0.15) is 16.5 Å². The normalized spacial score (nSPS) is 12.6. The van der Waals surface area contributed by atoms with Crippen molar-refractivity contribution >= 4 is 15.8 Å². The summed E-state index contributed by atoms with van der Waals surface area (Å²) in [5.41, 5.74) is 0.999. The van der Waals surface area contributed by atoms with Gasteiger partial charge in [0.2, 0.25) is 10.0 Å². The van der Waals surface area contributed by atoms with Gasteiger partial charge in [0.15, 0.2) is 0 Å². The van der Waals surface area contributed by atoms with E-state index < -0.39 is 10.0 Å². The Morgan fingerprint density at radius 3 is 2.60 bits per heavy atom. The summed E-state index contributed by atoms with van der Waals surface area (Å²) in [6.45, 7) is 4.42. The molecule has 1 atom stereocenters. The molecule has 1 aromatic heterocycles. The summed E-state index contributed by atoms with van der Waals surface area (Å²) in [7, 11) is -1.91. The molecule has 1 unspecified atom stereocenters. The van der Waals surface area contributed by atoms with Gasteiger partial charge in [-0.3, -0.25) is 0 Å². The predicted molar refractivity (Wildman–Crippen MR) is 99.2 cm³/mol. The van der Waals surface area contributed by atoms with E-state index in [9.17, 15) is 8.42 Å². The van der Waals surface area contributed by atoms with E-state index in [2.05, 4.69) is 15.0 Å². The van der Waals surface area contributed by atoms with Crippen molar-refractivity contribution in [3.8, 4) is 5.75 Å². The van der Waals surface area contributed by atoms with Crippen molar-refractivity contribution in [3.05, 3.63) is 48.2 Å². The van der Waals surface area contributed by atoms with Gasteiger partial charge in [0, 0.05) is 24.3 Å². The summed E-state index contributed by atoms with van der Waals surface area (Å²) in [6, 6.07) is 10.8. The molecule has 0 bridgehead atoms. The number of hydrogen-bond acceptors (Lipinski definition) is 5. The molecule has 0 fully saturated rings. The van der Waals surface area contributed by atoms with Crippen LogP contribution in [-0.2, 0) is 16.6 Å². The summed E-state index contributed by atoms with van der Waals surface area (Å²) in [4.78, 5) is 4.36. The van der Waals surface area contributed by atoms with E-state index in [1.165, 1.54) is 6.20 Å². The van der Waals surface area contributed by atoms with Gasteiger partial charge in [-0.25, -0.2) is 18.1 Å². The van der Waals surface area contributed by atoms with E-state index in [-0.39, 0.29) is 10.9 Å². The van der Waals surface area contributed by atoms with Crippen molar-refractivity contribution in [3.63, 3.8) is 0 Å². The Bertz CT molecular complexity index is 776. The van der Waals surface area contributed by atoms with Gasteiger partial charge < -0.3 is 10.1 Å². The molecule has 0 aliphatic heterocycles. The predicted octanol–water partition coefficient (Wildman–Crippen LogP) is 3.17. The summed E-state index contributed by atoms with van der Waals surface area (Å²) in [5.74, 6) is 1.40. The van der Waals surface area contributed by atoms with Crippen LogP contribution in [0.5, 0.6) is 5.75 Å². The number of benzene rings is 1. The molecule has 0 amide bonds. The van der Waals surface area contributed by atoms with Gasteiger partial charge in [-0.2, -0.15) is 0 Å². The molecule has 0 saturated carbocycles. The standard InChI is InChI=1S/C18H25N3O3S/c1-4-7-14(2)21-25(22,23)16-10-11-18(20-13-16)19-12-15-8-5-6-9-17(15)24-3/h5-6,8-11,13-14,21H,4,7,12H2,1-3H3,(H,19,20). The molecule has 0 aliphatic carbocycles. The first-order valence-corrected chi connectivity index (χ1v) is 9.78. The number of ether oxygens (including phenoxy) is 1. The van der Waals surface area contributed by atoms with Crippen LogP contribution in [-0.4, -0.2) is 26.6 Å². The number of methoxy groups -OCH3 is 1. The summed E-state index contributed by atoms with van der Waals surface area (Å²) < 4.78 is 32.6. The fourth-order valence-electron chi connectivity index (χ4n) is 2.50. The summed E-state index contributed by atoms with van der Waals surface area (Å²) >= 11 is 0. The Morgan fingerprint density at radius 1 is 1.20 bits per heavy atom. The molecule has 7 heteroatoms. The zero-order valence-electron chi connectivity index (χ0n) is 14.8. The molecule has 25 heavy (non-hydrogen) atoms. The molecule has 0 radical (unpaired) electrons.